The summed E-state index contributed by atoms with van der Waals surface area (Å²) in [6.45, 7) is 3.95. The lowest BCUT2D eigenvalue weighted by Crippen LogP contribution is -2.58. The normalized spacial score (nSPS) is 32.6. The Kier molecular flexibility index (Phi) is 7.37. The summed E-state index contributed by atoms with van der Waals surface area (Å²) < 4.78 is -0.621. The molecule has 196 valence electrons. The summed E-state index contributed by atoms with van der Waals surface area (Å²) in [5, 5.41) is 16.7. The minimum atomic E-state index is -0.655. The summed E-state index contributed by atoms with van der Waals surface area (Å²) in [5.41, 5.74) is 0.714. The lowest BCUT2D eigenvalue weighted by molar-refractivity contribution is -0.142. The Bertz CT molecular complexity index is 982. The van der Waals surface area contributed by atoms with Gasteiger partial charge in [0.25, 0.3) is 0 Å². The Hall–Kier alpha value is -2.06. The van der Waals surface area contributed by atoms with Crippen LogP contribution in [0.2, 0.25) is 0 Å². The second-order valence-electron chi connectivity index (χ2n) is 11.5. The highest BCUT2D eigenvalue weighted by atomic mass is 32.2. The van der Waals surface area contributed by atoms with Gasteiger partial charge in [-0.05, 0) is 50.2 Å². The first-order valence-electron chi connectivity index (χ1n) is 13.6. The molecule has 0 radical (unpaired) electrons. The third-order valence-electron chi connectivity index (χ3n) is 8.63. The van der Waals surface area contributed by atoms with Gasteiger partial charge in [0.15, 0.2) is 0 Å². The molecule has 3 saturated heterocycles. The van der Waals surface area contributed by atoms with Crippen LogP contribution in [0.1, 0.15) is 65.2 Å². The average molecular weight is 514 g/mol. The van der Waals surface area contributed by atoms with Crippen molar-refractivity contribution in [3.63, 3.8) is 0 Å². The van der Waals surface area contributed by atoms with Gasteiger partial charge in [-0.1, -0.05) is 51.3 Å². The van der Waals surface area contributed by atoms with Crippen LogP contribution in [0.4, 0.5) is 5.69 Å². The first-order chi connectivity index (χ1) is 17.4. The van der Waals surface area contributed by atoms with E-state index in [0.29, 0.717) is 12.1 Å². The molecule has 3 amide bonds. The number of anilines is 1. The van der Waals surface area contributed by atoms with Crippen molar-refractivity contribution in [1.29, 1.82) is 0 Å². The Morgan fingerprint density at radius 3 is 2.50 bits per heavy atom. The fourth-order valence-electron chi connectivity index (χ4n) is 7.18. The maximum atomic E-state index is 14.2. The van der Waals surface area contributed by atoms with Gasteiger partial charge in [0.05, 0.1) is 29.2 Å². The van der Waals surface area contributed by atoms with E-state index >= 15 is 0 Å². The minimum absolute atomic E-state index is 0.0208. The summed E-state index contributed by atoms with van der Waals surface area (Å²) in [6.07, 6.45) is 7.53. The molecule has 2 unspecified atom stereocenters. The summed E-state index contributed by atoms with van der Waals surface area (Å²) >= 11 is 1.68. The van der Waals surface area contributed by atoms with Crippen molar-refractivity contribution >= 4 is 35.2 Å². The van der Waals surface area contributed by atoms with E-state index in [1.54, 1.807) is 16.7 Å². The molecule has 3 heterocycles. The number of carbonyl (C=O) groups excluding carboxylic acids is 3. The molecule has 8 heteroatoms. The van der Waals surface area contributed by atoms with Gasteiger partial charge >= 0.3 is 0 Å². The lowest BCUT2D eigenvalue weighted by atomic mass is 9.70. The predicted molar refractivity (Wildman–Crippen MR) is 141 cm³/mol. The van der Waals surface area contributed by atoms with Crippen LogP contribution in [0.3, 0.4) is 0 Å². The van der Waals surface area contributed by atoms with E-state index in [-0.39, 0.29) is 41.5 Å². The van der Waals surface area contributed by atoms with Gasteiger partial charge in [-0.15, -0.1) is 11.8 Å². The lowest BCUT2D eigenvalue weighted by Gasteiger charge is -2.38. The molecular formula is C28H39N3O4S. The predicted octanol–water partition coefficient (Wildman–Crippen LogP) is 3.57. The third-order valence-corrected chi connectivity index (χ3v) is 10.6. The maximum Gasteiger partial charge on any atom is 0.244 e. The number of thioether (sulfide) groups is 1. The first-order valence-corrected chi connectivity index (χ1v) is 14.5. The van der Waals surface area contributed by atoms with Gasteiger partial charge in [0, 0.05) is 17.0 Å². The zero-order valence-electron chi connectivity index (χ0n) is 21.3. The van der Waals surface area contributed by atoms with Gasteiger partial charge in [0.1, 0.15) is 6.04 Å². The molecule has 3 N–H and O–H groups in total. The number of likely N-dealkylation sites (tertiary alicyclic amines) is 1. The number of para-hydroxylation sites is 1. The van der Waals surface area contributed by atoms with Crippen LogP contribution in [0, 0.1) is 17.8 Å². The van der Waals surface area contributed by atoms with Crippen LogP contribution in [-0.4, -0.2) is 62.5 Å². The van der Waals surface area contributed by atoms with Crippen molar-refractivity contribution in [2.75, 3.05) is 11.9 Å². The molecule has 36 heavy (non-hydrogen) atoms. The molecule has 1 saturated carbocycles. The number of benzene rings is 1. The van der Waals surface area contributed by atoms with Crippen LogP contribution in [0.25, 0.3) is 0 Å². The van der Waals surface area contributed by atoms with E-state index in [1.165, 1.54) is 6.42 Å². The summed E-state index contributed by atoms with van der Waals surface area (Å²) in [7, 11) is 0. The van der Waals surface area contributed by atoms with Crippen molar-refractivity contribution < 1.29 is 19.5 Å². The van der Waals surface area contributed by atoms with Crippen molar-refractivity contribution in [3.8, 4) is 0 Å². The highest BCUT2D eigenvalue weighted by Crippen LogP contribution is 2.66. The van der Waals surface area contributed by atoms with E-state index in [4.69, 9.17) is 0 Å². The molecule has 0 aromatic heterocycles. The number of hydrogen-bond acceptors (Lipinski definition) is 5. The van der Waals surface area contributed by atoms with Crippen molar-refractivity contribution in [3.05, 3.63) is 30.3 Å². The summed E-state index contributed by atoms with van der Waals surface area (Å²) in [4.78, 5) is 43.4. The Labute approximate surface area is 218 Å². The molecule has 4 aliphatic rings. The number of amides is 3. The van der Waals surface area contributed by atoms with Crippen LogP contribution >= 0.6 is 11.8 Å². The molecule has 5 rings (SSSR count). The molecule has 2 bridgehead atoms. The van der Waals surface area contributed by atoms with E-state index in [0.717, 1.165) is 38.5 Å². The fraction of sp³-hybridized carbons (Fsp3) is 0.679. The third kappa shape index (κ3) is 4.44. The number of nitrogens with one attached hydrogen (secondary N) is 2. The van der Waals surface area contributed by atoms with Crippen molar-refractivity contribution in [2.45, 2.75) is 93.3 Å². The van der Waals surface area contributed by atoms with Gasteiger partial charge in [-0.3, -0.25) is 14.4 Å². The summed E-state index contributed by atoms with van der Waals surface area (Å²) in [5.74, 6) is -1.15. The molecule has 6 atom stereocenters. The number of carbonyl (C=O) groups is 3. The molecule has 1 aromatic rings. The second kappa shape index (κ2) is 10.4. The number of hydrogen-bond donors (Lipinski definition) is 3. The molecule has 1 aliphatic carbocycles. The Balaban J connectivity index is 1.47. The van der Waals surface area contributed by atoms with Crippen LogP contribution in [-0.2, 0) is 14.4 Å². The Morgan fingerprint density at radius 2 is 1.83 bits per heavy atom. The van der Waals surface area contributed by atoms with Gasteiger partial charge in [-0.25, -0.2) is 0 Å². The minimum Gasteiger partial charge on any atom is -0.394 e. The molecule has 7 nitrogen and oxygen atoms in total. The molecule has 1 spiro atoms. The number of fused-ring (bicyclic) bond motifs is 1. The van der Waals surface area contributed by atoms with Crippen LogP contribution in [0.5, 0.6) is 0 Å². The molecule has 1 aromatic carbocycles. The highest BCUT2D eigenvalue weighted by Gasteiger charge is 2.74. The van der Waals surface area contributed by atoms with Crippen LogP contribution < -0.4 is 10.6 Å². The average Bonchev–Trinajstić information content (AvgIpc) is 3.51. The number of aliphatic hydroxyl groups is 1. The SMILES string of the molecule is CC(C)C[C@H](CO)N1C(=O)[C@@H]2[C@@H](C(=O)Nc3ccccc3)[C@H]3CCC2(S3)C1C(=O)NC1CCCCC1. The summed E-state index contributed by atoms with van der Waals surface area (Å²) in [6, 6.07) is 8.39. The van der Waals surface area contributed by atoms with E-state index < -0.39 is 28.7 Å². The first kappa shape index (κ1) is 25.6. The van der Waals surface area contributed by atoms with Crippen molar-refractivity contribution in [1.82, 2.24) is 10.2 Å². The number of nitrogens with zero attached hydrogens (tertiary/aromatic N) is 1. The van der Waals surface area contributed by atoms with Gasteiger partial charge in [0.2, 0.25) is 17.7 Å². The number of aliphatic hydroxyl groups excluding tert-OH is 1. The quantitative estimate of drug-likeness (QED) is 0.494. The second-order valence-corrected chi connectivity index (χ2v) is 13.1. The Morgan fingerprint density at radius 1 is 1.11 bits per heavy atom. The zero-order valence-corrected chi connectivity index (χ0v) is 22.1. The smallest absolute Gasteiger partial charge is 0.244 e. The maximum absolute atomic E-state index is 14.2. The van der Waals surface area contributed by atoms with Crippen LogP contribution in [0.15, 0.2) is 30.3 Å². The van der Waals surface area contributed by atoms with Gasteiger partial charge in [-0.2, -0.15) is 0 Å². The number of rotatable bonds is 8. The molecule has 3 aliphatic heterocycles. The topological polar surface area (TPSA) is 98.7 Å². The monoisotopic (exact) mass is 513 g/mol. The highest BCUT2D eigenvalue weighted by molar-refractivity contribution is 8.02. The van der Waals surface area contributed by atoms with E-state index in [1.807, 2.05) is 30.3 Å². The molecular weight excluding hydrogens is 474 g/mol. The van der Waals surface area contributed by atoms with E-state index in [9.17, 15) is 19.5 Å². The standard InChI is InChI=1S/C28H39N3O4S/c1-17(2)15-20(16-32)31-24(26(34)30-19-11-7-4-8-12-19)28-14-13-21(36-28)22(23(28)27(31)35)25(33)29-18-9-5-3-6-10-18/h3,5-6,9-10,17,19-24,32H,4,7-8,11-16H2,1-2H3,(H,29,33)(H,30,34)/t20-,21-,22+,23+,24?,28?/m1/s1. The fourth-order valence-corrected chi connectivity index (χ4v) is 9.38. The molecule has 4 fully saturated rings. The largest absolute Gasteiger partial charge is 0.394 e. The zero-order chi connectivity index (χ0) is 25.4. The van der Waals surface area contributed by atoms with Crippen molar-refractivity contribution in [2.24, 2.45) is 17.8 Å². The van der Waals surface area contributed by atoms with Gasteiger partial charge < -0.3 is 20.6 Å². The van der Waals surface area contributed by atoms with E-state index in [2.05, 4.69) is 24.5 Å².